The molecule has 2 rings (SSSR count). The fourth-order valence-electron chi connectivity index (χ4n) is 2.12. The quantitative estimate of drug-likeness (QED) is 0.659. The van der Waals surface area contributed by atoms with E-state index < -0.39 is 0 Å². The van der Waals surface area contributed by atoms with Crippen LogP contribution in [0.15, 0.2) is 42.5 Å². The lowest BCUT2D eigenvalue weighted by atomic mass is 10.2. The Kier molecular flexibility index (Phi) is 7.57. The van der Waals surface area contributed by atoms with Crippen LogP contribution in [0.2, 0.25) is 5.02 Å². The molecule has 2 aromatic rings. The third-order valence-electron chi connectivity index (χ3n) is 3.44. The molecule has 0 saturated heterocycles. The van der Waals surface area contributed by atoms with Crippen LogP contribution in [0.25, 0.3) is 0 Å². The van der Waals surface area contributed by atoms with Gasteiger partial charge in [-0.15, -0.1) is 0 Å². The molecule has 0 fully saturated rings. The van der Waals surface area contributed by atoms with E-state index in [2.05, 4.69) is 10.6 Å². The first-order valence-electron chi connectivity index (χ1n) is 8.19. The standard InChI is InChI=1S/C19H23ClN2O3/c1-3-24-9-10-25-17-6-4-5-15(11-17)21-13-19(23)22-16-8-7-14(2)18(20)12-16/h4-8,11-12,21H,3,9-10,13H2,1-2H3,(H,22,23). The maximum atomic E-state index is 12.0. The number of halogens is 1. The number of carbonyl (C=O) groups is 1. The first-order chi connectivity index (χ1) is 12.1. The van der Waals surface area contributed by atoms with Gasteiger partial charge in [-0.25, -0.2) is 0 Å². The zero-order valence-corrected chi connectivity index (χ0v) is 15.2. The summed E-state index contributed by atoms with van der Waals surface area (Å²) < 4.78 is 10.8. The molecule has 0 aliphatic carbocycles. The highest BCUT2D eigenvalue weighted by Crippen LogP contribution is 2.20. The minimum Gasteiger partial charge on any atom is -0.491 e. The smallest absolute Gasteiger partial charge is 0.243 e. The molecule has 0 bridgehead atoms. The lowest BCUT2D eigenvalue weighted by Gasteiger charge is -2.11. The molecule has 0 saturated carbocycles. The average molecular weight is 363 g/mol. The molecule has 6 heteroatoms. The van der Waals surface area contributed by atoms with E-state index >= 15 is 0 Å². The fraction of sp³-hybridized carbons (Fsp3) is 0.316. The van der Waals surface area contributed by atoms with Crippen molar-refractivity contribution in [2.45, 2.75) is 13.8 Å². The fourth-order valence-corrected chi connectivity index (χ4v) is 2.30. The zero-order chi connectivity index (χ0) is 18.1. The van der Waals surface area contributed by atoms with Crippen molar-refractivity contribution in [2.75, 3.05) is 37.0 Å². The van der Waals surface area contributed by atoms with Gasteiger partial charge in [0, 0.05) is 29.1 Å². The van der Waals surface area contributed by atoms with Crippen molar-refractivity contribution in [2.24, 2.45) is 0 Å². The number of anilines is 2. The highest BCUT2D eigenvalue weighted by Gasteiger charge is 2.05. The van der Waals surface area contributed by atoms with Crippen molar-refractivity contribution in [3.63, 3.8) is 0 Å². The SMILES string of the molecule is CCOCCOc1cccc(NCC(=O)Nc2ccc(C)c(Cl)c2)c1. The molecule has 5 nitrogen and oxygen atoms in total. The molecule has 0 radical (unpaired) electrons. The van der Waals surface area contributed by atoms with Gasteiger partial charge < -0.3 is 20.1 Å². The van der Waals surface area contributed by atoms with Crippen molar-refractivity contribution in [1.29, 1.82) is 0 Å². The van der Waals surface area contributed by atoms with Crippen LogP contribution in [0.3, 0.4) is 0 Å². The Morgan fingerprint density at radius 3 is 2.72 bits per heavy atom. The lowest BCUT2D eigenvalue weighted by Crippen LogP contribution is -2.21. The number of rotatable bonds is 9. The van der Waals surface area contributed by atoms with Gasteiger partial charge in [-0.2, -0.15) is 0 Å². The van der Waals surface area contributed by atoms with E-state index in [1.807, 2.05) is 50.2 Å². The molecule has 1 amide bonds. The van der Waals surface area contributed by atoms with Crippen molar-refractivity contribution in [1.82, 2.24) is 0 Å². The van der Waals surface area contributed by atoms with E-state index in [-0.39, 0.29) is 12.5 Å². The monoisotopic (exact) mass is 362 g/mol. The van der Waals surface area contributed by atoms with Gasteiger partial charge in [0.15, 0.2) is 0 Å². The maximum Gasteiger partial charge on any atom is 0.243 e. The first kappa shape index (κ1) is 19.1. The molecule has 0 aromatic heterocycles. The molecule has 25 heavy (non-hydrogen) atoms. The summed E-state index contributed by atoms with van der Waals surface area (Å²) in [4.78, 5) is 12.0. The second kappa shape index (κ2) is 9.91. The van der Waals surface area contributed by atoms with E-state index in [4.69, 9.17) is 21.1 Å². The van der Waals surface area contributed by atoms with Gasteiger partial charge in [0.05, 0.1) is 13.2 Å². The van der Waals surface area contributed by atoms with Crippen LogP contribution in [-0.2, 0) is 9.53 Å². The minimum atomic E-state index is -0.150. The average Bonchev–Trinajstić information content (AvgIpc) is 2.61. The zero-order valence-electron chi connectivity index (χ0n) is 14.5. The second-order valence-corrected chi connectivity index (χ2v) is 5.85. The number of benzene rings is 2. The molecule has 0 heterocycles. The molecule has 0 aliphatic heterocycles. The molecule has 134 valence electrons. The summed E-state index contributed by atoms with van der Waals surface area (Å²) in [7, 11) is 0. The van der Waals surface area contributed by atoms with E-state index in [1.54, 1.807) is 6.07 Å². The number of carbonyl (C=O) groups excluding carboxylic acids is 1. The largest absolute Gasteiger partial charge is 0.491 e. The second-order valence-electron chi connectivity index (χ2n) is 5.44. The van der Waals surface area contributed by atoms with E-state index in [0.717, 1.165) is 17.0 Å². The van der Waals surface area contributed by atoms with Crippen LogP contribution >= 0.6 is 11.6 Å². The van der Waals surface area contributed by atoms with Gasteiger partial charge in [-0.1, -0.05) is 23.7 Å². The van der Waals surface area contributed by atoms with Crippen molar-refractivity contribution in [3.8, 4) is 5.75 Å². The molecular weight excluding hydrogens is 340 g/mol. The Balaban J connectivity index is 1.81. The summed E-state index contributed by atoms with van der Waals surface area (Å²) in [6.45, 7) is 5.72. The summed E-state index contributed by atoms with van der Waals surface area (Å²) in [5.41, 5.74) is 2.46. The van der Waals surface area contributed by atoms with Crippen LogP contribution in [0, 0.1) is 6.92 Å². The first-order valence-corrected chi connectivity index (χ1v) is 8.56. The topological polar surface area (TPSA) is 59.6 Å². The Morgan fingerprint density at radius 1 is 1.12 bits per heavy atom. The number of hydrogen-bond acceptors (Lipinski definition) is 4. The Hall–Kier alpha value is -2.24. The Bertz CT molecular complexity index is 707. The minimum absolute atomic E-state index is 0.147. The number of ether oxygens (including phenoxy) is 2. The summed E-state index contributed by atoms with van der Waals surface area (Å²) in [6.07, 6.45) is 0. The predicted molar refractivity (Wildman–Crippen MR) is 102 cm³/mol. The van der Waals surface area contributed by atoms with Gasteiger partial charge in [0.25, 0.3) is 0 Å². The number of aryl methyl sites for hydroxylation is 1. The summed E-state index contributed by atoms with van der Waals surface area (Å²) in [5, 5.41) is 6.51. The van der Waals surface area contributed by atoms with Crippen LogP contribution in [0.1, 0.15) is 12.5 Å². The molecule has 2 aromatic carbocycles. The van der Waals surface area contributed by atoms with Gasteiger partial charge >= 0.3 is 0 Å². The van der Waals surface area contributed by atoms with Crippen molar-refractivity contribution < 1.29 is 14.3 Å². The Morgan fingerprint density at radius 2 is 1.96 bits per heavy atom. The summed E-state index contributed by atoms with van der Waals surface area (Å²) in [5.74, 6) is 0.581. The van der Waals surface area contributed by atoms with Gasteiger partial charge in [-0.3, -0.25) is 4.79 Å². The number of hydrogen-bond donors (Lipinski definition) is 2. The molecule has 0 unspecified atom stereocenters. The van der Waals surface area contributed by atoms with Crippen LogP contribution in [0.4, 0.5) is 11.4 Å². The maximum absolute atomic E-state index is 12.0. The van der Waals surface area contributed by atoms with E-state index in [1.165, 1.54) is 0 Å². The third kappa shape index (κ3) is 6.64. The van der Waals surface area contributed by atoms with Crippen molar-refractivity contribution in [3.05, 3.63) is 53.1 Å². The molecule has 0 spiro atoms. The molecule has 0 atom stereocenters. The summed E-state index contributed by atoms with van der Waals surface area (Å²) >= 11 is 6.06. The third-order valence-corrected chi connectivity index (χ3v) is 3.85. The molecular formula is C19H23ClN2O3. The normalized spacial score (nSPS) is 10.4. The van der Waals surface area contributed by atoms with Crippen LogP contribution < -0.4 is 15.4 Å². The van der Waals surface area contributed by atoms with Gasteiger partial charge in [0.2, 0.25) is 5.91 Å². The van der Waals surface area contributed by atoms with Gasteiger partial charge in [0.1, 0.15) is 12.4 Å². The number of amides is 1. The van der Waals surface area contributed by atoms with Gasteiger partial charge in [-0.05, 0) is 43.7 Å². The van der Waals surface area contributed by atoms with Crippen LogP contribution in [0.5, 0.6) is 5.75 Å². The lowest BCUT2D eigenvalue weighted by molar-refractivity contribution is -0.114. The highest BCUT2D eigenvalue weighted by atomic mass is 35.5. The van der Waals surface area contributed by atoms with E-state index in [9.17, 15) is 4.79 Å². The highest BCUT2D eigenvalue weighted by molar-refractivity contribution is 6.31. The molecule has 0 aliphatic rings. The van der Waals surface area contributed by atoms with Crippen LogP contribution in [-0.4, -0.2) is 32.3 Å². The molecule has 2 N–H and O–H groups in total. The van der Waals surface area contributed by atoms with Crippen molar-refractivity contribution >= 4 is 28.9 Å². The van der Waals surface area contributed by atoms with E-state index in [0.29, 0.717) is 30.5 Å². The number of nitrogens with one attached hydrogen (secondary N) is 2. The summed E-state index contributed by atoms with van der Waals surface area (Å²) in [6, 6.07) is 12.9. The Labute approximate surface area is 153 Å². The predicted octanol–water partition coefficient (Wildman–Crippen LogP) is 4.11.